The third kappa shape index (κ3) is 4.13. The maximum atomic E-state index is 12.3. The van der Waals surface area contributed by atoms with E-state index in [1.165, 1.54) is 35.5 Å². The minimum absolute atomic E-state index is 0.174. The Hall–Kier alpha value is -2.81. The molecule has 0 saturated heterocycles. The Morgan fingerprint density at radius 3 is 2.75 bits per heavy atom. The van der Waals surface area contributed by atoms with E-state index >= 15 is 0 Å². The molecule has 0 fully saturated rings. The molecule has 3 N–H and O–H groups in total. The average molecular weight is 332 g/mol. The first-order valence-corrected chi connectivity index (χ1v) is 7.56. The number of hydrogen-bond donors (Lipinski definition) is 2. The SMILES string of the molecule is CC(C)CC(CN)NC(=O)c1ccc(-n2cncn2)c([N+](=O)[O-])c1. The molecule has 1 aromatic heterocycles. The van der Waals surface area contributed by atoms with Gasteiger partial charge < -0.3 is 11.1 Å². The lowest BCUT2D eigenvalue weighted by Gasteiger charge is -2.18. The van der Waals surface area contributed by atoms with E-state index < -0.39 is 4.92 Å². The number of nitrogens with one attached hydrogen (secondary N) is 1. The molecule has 9 nitrogen and oxygen atoms in total. The minimum atomic E-state index is -0.553. The summed E-state index contributed by atoms with van der Waals surface area (Å²) in [4.78, 5) is 26.9. The number of amides is 1. The smallest absolute Gasteiger partial charge is 0.295 e. The van der Waals surface area contributed by atoms with Crippen LogP contribution < -0.4 is 11.1 Å². The van der Waals surface area contributed by atoms with E-state index in [2.05, 4.69) is 15.4 Å². The van der Waals surface area contributed by atoms with Crippen molar-refractivity contribution in [1.82, 2.24) is 20.1 Å². The van der Waals surface area contributed by atoms with Gasteiger partial charge in [-0.2, -0.15) is 5.10 Å². The molecule has 0 radical (unpaired) electrons. The molecule has 128 valence electrons. The van der Waals surface area contributed by atoms with Crippen LogP contribution >= 0.6 is 0 Å². The summed E-state index contributed by atoms with van der Waals surface area (Å²) in [7, 11) is 0. The predicted octanol–water partition coefficient (Wildman–Crippen LogP) is 1.28. The van der Waals surface area contributed by atoms with Gasteiger partial charge in [0.05, 0.1) is 4.92 Å². The van der Waals surface area contributed by atoms with Crippen molar-refractivity contribution in [3.05, 3.63) is 46.5 Å². The normalized spacial score (nSPS) is 12.2. The molecule has 2 rings (SSSR count). The van der Waals surface area contributed by atoms with Gasteiger partial charge in [-0.1, -0.05) is 13.8 Å². The third-order valence-electron chi connectivity index (χ3n) is 3.48. The van der Waals surface area contributed by atoms with Crippen LogP contribution in [-0.4, -0.2) is 38.2 Å². The molecule has 0 aliphatic carbocycles. The summed E-state index contributed by atoms with van der Waals surface area (Å²) in [6.07, 6.45) is 3.37. The van der Waals surface area contributed by atoms with Gasteiger partial charge in [0, 0.05) is 24.2 Å². The van der Waals surface area contributed by atoms with Crippen LogP contribution in [0.25, 0.3) is 5.69 Å². The number of carbonyl (C=O) groups is 1. The van der Waals surface area contributed by atoms with Crippen LogP contribution in [0.2, 0.25) is 0 Å². The van der Waals surface area contributed by atoms with Crippen molar-refractivity contribution in [2.75, 3.05) is 6.54 Å². The molecule has 1 heterocycles. The van der Waals surface area contributed by atoms with Gasteiger partial charge in [-0.15, -0.1) is 0 Å². The molecule has 0 spiro atoms. The van der Waals surface area contributed by atoms with E-state index in [1.54, 1.807) is 0 Å². The topological polar surface area (TPSA) is 129 Å². The Labute approximate surface area is 139 Å². The Bertz CT molecular complexity index is 714. The second kappa shape index (κ2) is 7.64. The number of carbonyl (C=O) groups excluding carboxylic acids is 1. The number of nitro groups is 1. The standard InChI is InChI=1S/C15H20N6O3/c1-10(2)5-12(7-16)19-15(22)11-3-4-13(14(6-11)21(23)24)20-9-17-8-18-20/h3-4,6,8-10,12H,5,7,16H2,1-2H3,(H,19,22). The third-order valence-corrected chi connectivity index (χ3v) is 3.48. The molecule has 9 heteroatoms. The molecule has 1 atom stereocenters. The summed E-state index contributed by atoms with van der Waals surface area (Å²) in [6.45, 7) is 4.38. The zero-order valence-electron chi connectivity index (χ0n) is 13.5. The molecule has 1 unspecified atom stereocenters. The highest BCUT2D eigenvalue weighted by atomic mass is 16.6. The summed E-state index contributed by atoms with van der Waals surface area (Å²) in [5, 5.41) is 18.0. The molecule has 0 bridgehead atoms. The van der Waals surface area contributed by atoms with Crippen molar-refractivity contribution < 1.29 is 9.72 Å². The summed E-state index contributed by atoms with van der Waals surface area (Å²) in [5.74, 6) is -0.0118. The minimum Gasteiger partial charge on any atom is -0.348 e. The van der Waals surface area contributed by atoms with E-state index in [-0.39, 0.29) is 28.9 Å². The van der Waals surface area contributed by atoms with Gasteiger partial charge >= 0.3 is 0 Å². The molecular formula is C15H20N6O3. The first-order chi connectivity index (χ1) is 11.4. The zero-order chi connectivity index (χ0) is 17.7. The van der Waals surface area contributed by atoms with E-state index in [1.807, 2.05) is 13.8 Å². The Morgan fingerprint density at radius 1 is 1.46 bits per heavy atom. The van der Waals surface area contributed by atoms with Gasteiger partial charge in [0.1, 0.15) is 18.3 Å². The van der Waals surface area contributed by atoms with Gasteiger partial charge in [0.15, 0.2) is 0 Å². The highest BCUT2D eigenvalue weighted by Gasteiger charge is 2.21. The zero-order valence-corrected chi connectivity index (χ0v) is 13.5. The fourth-order valence-corrected chi connectivity index (χ4v) is 2.39. The van der Waals surface area contributed by atoms with Crippen LogP contribution in [0.15, 0.2) is 30.9 Å². The van der Waals surface area contributed by atoms with Crippen LogP contribution in [0, 0.1) is 16.0 Å². The van der Waals surface area contributed by atoms with Gasteiger partial charge in [-0.25, -0.2) is 9.67 Å². The number of benzene rings is 1. The number of nitrogens with zero attached hydrogens (tertiary/aromatic N) is 4. The van der Waals surface area contributed by atoms with Crippen LogP contribution in [0.5, 0.6) is 0 Å². The van der Waals surface area contributed by atoms with Crippen molar-refractivity contribution in [2.45, 2.75) is 26.3 Å². The highest BCUT2D eigenvalue weighted by molar-refractivity contribution is 5.95. The van der Waals surface area contributed by atoms with Crippen molar-refractivity contribution >= 4 is 11.6 Å². The first-order valence-electron chi connectivity index (χ1n) is 7.56. The lowest BCUT2D eigenvalue weighted by atomic mass is 10.0. The maximum Gasteiger partial charge on any atom is 0.295 e. The summed E-state index contributed by atoms with van der Waals surface area (Å²) in [6, 6.07) is 4.05. The summed E-state index contributed by atoms with van der Waals surface area (Å²) < 4.78 is 1.28. The largest absolute Gasteiger partial charge is 0.348 e. The fourth-order valence-electron chi connectivity index (χ4n) is 2.39. The van der Waals surface area contributed by atoms with Gasteiger partial charge in [-0.05, 0) is 24.5 Å². The molecule has 0 aliphatic heterocycles. The maximum absolute atomic E-state index is 12.3. The van der Waals surface area contributed by atoms with E-state index in [0.717, 1.165) is 6.42 Å². The Balaban J connectivity index is 2.26. The van der Waals surface area contributed by atoms with Gasteiger partial charge in [0.2, 0.25) is 0 Å². The number of aromatic nitrogens is 3. The molecule has 1 amide bonds. The number of nitrogens with two attached hydrogens (primary N) is 1. The van der Waals surface area contributed by atoms with E-state index in [9.17, 15) is 14.9 Å². The number of nitro benzene ring substituents is 1. The van der Waals surface area contributed by atoms with Crippen LogP contribution in [0.3, 0.4) is 0 Å². The van der Waals surface area contributed by atoms with Crippen molar-refractivity contribution in [1.29, 1.82) is 0 Å². The molecule has 24 heavy (non-hydrogen) atoms. The second-order valence-corrected chi connectivity index (χ2v) is 5.84. The molecular weight excluding hydrogens is 312 g/mol. The lowest BCUT2D eigenvalue weighted by molar-refractivity contribution is -0.384. The second-order valence-electron chi connectivity index (χ2n) is 5.84. The predicted molar refractivity (Wildman–Crippen MR) is 87.8 cm³/mol. The fraction of sp³-hybridized carbons (Fsp3) is 0.400. The molecule has 0 saturated carbocycles. The monoisotopic (exact) mass is 332 g/mol. The molecule has 0 aliphatic rings. The summed E-state index contributed by atoms with van der Waals surface area (Å²) >= 11 is 0. The van der Waals surface area contributed by atoms with Crippen LogP contribution in [0.4, 0.5) is 5.69 Å². The number of rotatable bonds is 7. The first kappa shape index (κ1) is 17.5. The van der Waals surface area contributed by atoms with Gasteiger partial charge in [0.25, 0.3) is 11.6 Å². The Kier molecular flexibility index (Phi) is 5.59. The molecule has 2 aromatic rings. The summed E-state index contributed by atoms with van der Waals surface area (Å²) in [5.41, 5.74) is 5.90. The van der Waals surface area contributed by atoms with Crippen LogP contribution in [0.1, 0.15) is 30.6 Å². The lowest BCUT2D eigenvalue weighted by Crippen LogP contribution is -2.41. The van der Waals surface area contributed by atoms with E-state index in [0.29, 0.717) is 12.5 Å². The van der Waals surface area contributed by atoms with Crippen molar-refractivity contribution in [3.8, 4) is 5.69 Å². The number of hydrogen-bond acceptors (Lipinski definition) is 6. The van der Waals surface area contributed by atoms with Crippen LogP contribution in [-0.2, 0) is 0 Å². The van der Waals surface area contributed by atoms with Gasteiger partial charge in [-0.3, -0.25) is 14.9 Å². The average Bonchev–Trinajstić information content (AvgIpc) is 3.07. The highest BCUT2D eigenvalue weighted by Crippen LogP contribution is 2.23. The quantitative estimate of drug-likeness (QED) is 0.580. The van der Waals surface area contributed by atoms with Crippen molar-refractivity contribution in [3.63, 3.8) is 0 Å². The van der Waals surface area contributed by atoms with Crippen molar-refractivity contribution in [2.24, 2.45) is 11.7 Å². The van der Waals surface area contributed by atoms with E-state index in [4.69, 9.17) is 5.73 Å². The molecule has 1 aromatic carbocycles. The Morgan fingerprint density at radius 2 is 2.21 bits per heavy atom.